The Balaban J connectivity index is 3.25. The van der Waals surface area contributed by atoms with Crippen LogP contribution < -0.4 is 0 Å². The van der Waals surface area contributed by atoms with E-state index < -0.39 is 0 Å². The maximum absolute atomic E-state index is 8.53. The molecule has 2 nitrogen and oxygen atoms in total. The monoisotopic (exact) mass is 295 g/mol. The summed E-state index contributed by atoms with van der Waals surface area (Å²) in [5, 5.41) is 11.7. The van der Waals surface area contributed by atoms with Crippen molar-refractivity contribution in [3.8, 4) is 0 Å². The Morgan fingerprint density at radius 1 is 0.810 bits per heavy atom. The largest absolute Gasteiger partial charge is 0.411 e. The second-order valence-electron chi connectivity index (χ2n) is 6.10. The van der Waals surface area contributed by atoms with Crippen LogP contribution in [0.5, 0.6) is 0 Å². The summed E-state index contributed by atoms with van der Waals surface area (Å²) in [7, 11) is 0. The maximum Gasteiger partial charge on any atom is 0.0466 e. The molecule has 0 spiro atoms. The summed E-state index contributed by atoms with van der Waals surface area (Å²) >= 11 is 0. The van der Waals surface area contributed by atoms with Gasteiger partial charge in [0.2, 0.25) is 0 Å². The van der Waals surface area contributed by atoms with Crippen LogP contribution in [0.4, 0.5) is 0 Å². The first kappa shape index (κ1) is 20.2. The highest BCUT2D eigenvalue weighted by molar-refractivity contribution is 5.59. The summed E-state index contributed by atoms with van der Waals surface area (Å²) in [6.07, 6.45) is 23.3. The fraction of sp³-hybridized carbons (Fsp3) is 0.842. The Morgan fingerprint density at radius 3 is 1.95 bits per heavy atom. The number of allylic oxidation sites excluding steroid dienone is 2. The predicted molar refractivity (Wildman–Crippen MR) is 94.3 cm³/mol. The van der Waals surface area contributed by atoms with Crippen molar-refractivity contribution < 1.29 is 5.21 Å². The van der Waals surface area contributed by atoms with Gasteiger partial charge in [0, 0.05) is 6.21 Å². The van der Waals surface area contributed by atoms with Crippen LogP contribution in [0.2, 0.25) is 0 Å². The molecule has 0 aromatic heterocycles. The number of rotatable bonds is 15. The van der Waals surface area contributed by atoms with E-state index in [1.807, 2.05) is 0 Å². The van der Waals surface area contributed by atoms with Crippen LogP contribution in [0.15, 0.2) is 17.3 Å². The van der Waals surface area contributed by atoms with Crippen LogP contribution in [0.1, 0.15) is 97.3 Å². The summed E-state index contributed by atoms with van der Waals surface area (Å²) in [6, 6.07) is 0. The SMILES string of the molecule is CCCCCCCC/C=C\CCCCCC(C=NO)CC. The smallest absolute Gasteiger partial charge is 0.0466 e. The quantitative estimate of drug-likeness (QED) is 0.117. The lowest BCUT2D eigenvalue weighted by molar-refractivity contribution is 0.317. The van der Waals surface area contributed by atoms with Crippen molar-refractivity contribution in [2.75, 3.05) is 0 Å². The summed E-state index contributed by atoms with van der Waals surface area (Å²) < 4.78 is 0. The van der Waals surface area contributed by atoms with E-state index >= 15 is 0 Å². The lowest BCUT2D eigenvalue weighted by atomic mass is 9.99. The minimum Gasteiger partial charge on any atom is -0.411 e. The van der Waals surface area contributed by atoms with Gasteiger partial charge in [0.25, 0.3) is 0 Å². The molecule has 1 unspecified atom stereocenters. The van der Waals surface area contributed by atoms with Gasteiger partial charge in [0.1, 0.15) is 0 Å². The number of oxime groups is 1. The van der Waals surface area contributed by atoms with E-state index in [-0.39, 0.29) is 0 Å². The van der Waals surface area contributed by atoms with Gasteiger partial charge in [-0.15, -0.1) is 5.16 Å². The van der Waals surface area contributed by atoms with Gasteiger partial charge in [0.15, 0.2) is 0 Å². The van der Waals surface area contributed by atoms with E-state index in [1.165, 1.54) is 70.6 Å². The van der Waals surface area contributed by atoms with E-state index in [2.05, 4.69) is 31.2 Å². The van der Waals surface area contributed by atoms with Crippen molar-refractivity contribution >= 4 is 6.21 Å². The molecule has 0 aromatic carbocycles. The first-order valence-electron chi connectivity index (χ1n) is 9.17. The van der Waals surface area contributed by atoms with E-state index in [9.17, 15) is 0 Å². The number of unbranched alkanes of at least 4 members (excludes halogenated alkanes) is 9. The molecular weight excluding hydrogens is 258 g/mol. The molecule has 0 heterocycles. The fourth-order valence-electron chi connectivity index (χ4n) is 2.60. The highest BCUT2D eigenvalue weighted by Crippen LogP contribution is 2.13. The third-order valence-electron chi connectivity index (χ3n) is 4.14. The average Bonchev–Trinajstić information content (AvgIpc) is 2.50. The molecule has 0 aliphatic heterocycles. The van der Waals surface area contributed by atoms with Gasteiger partial charge >= 0.3 is 0 Å². The van der Waals surface area contributed by atoms with Crippen molar-refractivity contribution in [3.63, 3.8) is 0 Å². The molecule has 0 aromatic rings. The first-order chi connectivity index (χ1) is 10.3. The fourth-order valence-corrected chi connectivity index (χ4v) is 2.60. The van der Waals surface area contributed by atoms with Gasteiger partial charge in [-0.05, 0) is 44.4 Å². The Morgan fingerprint density at radius 2 is 1.38 bits per heavy atom. The van der Waals surface area contributed by atoms with Crippen LogP contribution in [0.3, 0.4) is 0 Å². The van der Waals surface area contributed by atoms with Crippen molar-refractivity contribution in [2.24, 2.45) is 11.1 Å². The molecule has 0 amide bonds. The molecule has 1 N–H and O–H groups in total. The molecule has 0 saturated carbocycles. The van der Waals surface area contributed by atoms with Crippen molar-refractivity contribution in [2.45, 2.75) is 97.3 Å². The summed E-state index contributed by atoms with van der Waals surface area (Å²) in [6.45, 7) is 4.42. The van der Waals surface area contributed by atoms with Crippen molar-refractivity contribution in [1.82, 2.24) is 0 Å². The number of nitrogens with zero attached hydrogens (tertiary/aromatic N) is 1. The van der Waals surface area contributed by atoms with Gasteiger partial charge in [-0.1, -0.05) is 70.9 Å². The minimum atomic E-state index is 0.457. The van der Waals surface area contributed by atoms with Crippen molar-refractivity contribution in [3.05, 3.63) is 12.2 Å². The second-order valence-corrected chi connectivity index (χ2v) is 6.10. The topological polar surface area (TPSA) is 32.6 Å². The molecule has 0 rings (SSSR count). The maximum atomic E-state index is 8.53. The van der Waals surface area contributed by atoms with Crippen LogP contribution in [-0.2, 0) is 0 Å². The lowest BCUT2D eigenvalue weighted by Gasteiger charge is -2.07. The molecule has 0 aliphatic carbocycles. The standard InChI is InChI=1S/C19H37NO/c1-3-5-6-7-8-9-10-11-12-13-14-15-16-17-19(4-2)18-20-21/h11-12,18-19,21H,3-10,13-17H2,1-2H3/b12-11-,20-18?. The molecule has 0 bridgehead atoms. The van der Waals surface area contributed by atoms with Gasteiger partial charge in [-0.2, -0.15) is 0 Å². The van der Waals surface area contributed by atoms with Crippen LogP contribution in [0, 0.1) is 5.92 Å². The molecule has 0 saturated heterocycles. The molecule has 0 fully saturated rings. The normalized spacial score (nSPS) is 13.4. The first-order valence-corrected chi connectivity index (χ1v) is 9.17. The summed E-state index contributed by atoms with van der Waals surface area (Å²) in [5.74, 6) is 0.457. The third-order valence-corrected chi connectivity index (χ3v) is 4.14. The van der Waals surface area contributed by atoms with E-state index in [1.54, 1.807) is 6.21 Å². The van der Waals surface area contributed by atoms with Crippen LogP contribution >= 0.6 is 0 Å². The van der Waals surface area contributed by atoms with Crippen LogP contribution in [0.25, 0.3) is 0 Å². The van der Waals surface area contributed by atoms with E-state index in [0.29, 0.717) is 5.92 Å². The zero-order chi connectivity index (χ0) is 15.6. The zero-order valence-corrected chi connectivity index (χ0v) is 14.4. The zero-order valence-electron chi connectivity index (χ0n) is 14.4. The number of hydrogen-bond acceptors (Lipinski definition) is 2. The molecular formula is C19H37NO. The van der Waals surface area contributed by atoms with Crippen LogP contribution in [-0.4, -0.2) is 11.4 Å². The predicted octanol–water partition coefficient (Wildman–Crippen LogP) is 6.73. The second kappa shape index (κ2) is 17.3. The number of hydrogen-bond donors (Lipinski definition) is 1. The van der Waals surface area contributed by atoms with Gasteiger partial charge < -0.3 is 5.21 Å². The molecule has 21 heavy (non-hydrogen) atoms. The molecule has 124 valence electrons. The van der Waals surface area contributed by atoms with Crippen molar-refractivity contribution in [1.29, 1.82) is 0 Å². The minimum absolute atomic E-state index is 0.457. The Hall–Kier alpha value is -0.790. The Kier molecular flexibility index (Phi) is 16.6. The Labute approximate surface area is 132 Å². The van der Waals surface area contributed by atoms with E-state index in [0.717, 1.165) is 12.8 Å². The van der Waals surface area contributed by atoms with Gasteiger partial charge in [-0.25, -0.2) is 0 Å². The molecule has 0 aliphatic rings. The highest BCUT2D eigenvalue weighted by Gasteiger charge is 2.02. The molecule has 1 atom stereocenters. The van der Waals surface area contributed by atoms with E-state index in [4.69, 9.17) is 5.21 Å². The van der Waals surface area contributed by atoms with Gasteiger partial charge in [-0.3, -0.25) is 0 Å². The van der Waals surface area contributed by atoms with Gasteiger partial charge in [0.05, 0.1) is 0 Å². The molecule has 2 heteroatoms. The molecule has 0 radical (unpaired) electrons. The lowest BCUT2D eigenvalue weighted by Crippen LogP contribution is -2.00. The summed E-state index contributed by atoms with van der Waals surface area (Å²) in [5.41, 5.74) is 0. The highest BCUT2D eigenvalue weighted by atomic mass is 16.4. The Bertz CT molecular complexity index is 248. The average molecular weight is 296 g/mol. The summed E-state index contributed by atoms with van der Waals surface area (Å²) in [4.78, 5) is 0. The third kappa shape index (κ3) is 15.4.